The van der Waals surface area contributed by atoms with Crippen molar-refractivity contribution in [2.45, 2.75) is 6.10 Å². The molecule has 0 amide bonds. The van der Waals surface area contributed by atoms with Crippen LogP contribution in [-0.4, -0.2) is 29.4 Å². The van der Waals surface area contributed by atoms with Gasteiger partial charge in [-0.2, -0.15) is 0 Å². The highest BCUT2D eigenvalue weighted by molar-refractivity contribution is 5.33. The first-order valence-electron chi connectivity index (χ1n) is 3.75. The minimum Gasteiger partial charge on any atom is -0.479 e. The lowest BCUT2D eigenvalue weighted by atomic mass is 10.3. The van der Waals surface area contributed by atoms with Crippen LogP contribution in [0.4, 0.5) is 0 Å². The van der Waals surface area contributed by atoms with Crippen molar-refractivity contribution in [2.24, 2.45) is 0 Å². The second-order valence-electron chi connectivity index (χ2n) is 2.54. The zero-order valence-corrected chi connectivity index (χ0v) is 6.43. The molecule has 0 saturated carbocycles. The smallest absolute Gasteiger partial charge is 0.257 e. The van der Waals surface area contributed by atoms with E-state index in [4.69, 9.17) is 14.6 Å². The number of fused-ring (bicyclic) bond motifs is 1. The van der Waals surface area contributed by atoms with Crippen LogP contribution < -0.4 is 9.47 Å². The van der Waals surface area contributed by atoms with E-state index in [0.717, 1.165) is 0 Å². The molecule has 1 atom stereocenters. The van der Waals surface area contributed by atoms with Crippen molar-refractivity contribution in [2.75, 3.05) is 13.2 Å². The number of aliphatic hydroxyl groups excluding tert-OH is 1. The van der Waals surface area contributed by atoms with Gasteiger partial charge < -0.3 is 14.6 Å². The molecule has 1 aromatic heterocycles. The van der Waals surface area contributed by atoms with Crippen LogP contribution in [0.3, 0.4) is 0 Å². The fourth-order valence-electron chi connectivity index (χ4n) is 1.05. The van der Waals surface area contributed by atoms with Crippen molar-refractivity contribution in [3.05, 3.63) is 18.3 Å². The second-order valence-corrected chi connectivity index (χ2v) is 2.54. The monoisotopic (exact) mass is 167 g/mol. The molecule has 1 aromatic rings. The lowest BCUT2D eigenvalue weighted by molar-refractivity contribution is 0.0424. The molecule has 1 N–H and O–H groups in total. The minimum absolute atomic E-state index is 0.0334. The maximum absolute atomic E-state index is 8.79. The predicted molar refractivity (Wildman–Crippen MR) is 41.2 cm³/mol. The van der Waals surface area contributed by atoms with Crippen LogP contribution in [0, 0.1) is 0 Å². The molecule has 2 heterocycles. The Balaban J connectivity index is 2.23. The van der Waals surface area contributed by atoms with Gasteiger partial charge in [-0.25, -0.2) is 4.98 Å². The molecule has 64 valence electrons. The van der Waals surface area contributed by atoms with Crippen molar-refractivity contribution in [3.8, 4) is 11.6 Å². The summed E-state index contributed by atoms with van der Waals surface area (Å²) in [6, 6.07) is 3.53. The summed E-state index contributed by atoms with van der Waals surface area (Å²) in [6.07, 6.45) is 1.38. The number of aromatic nitrogens is 1. The highest BCUT2D eigenvalue weighted by Gasteiger charge is 2.20. The number of ether oxygens (including phenoxy) is 2. The molecule has 0 unspecified atom stereocenters. The lowest BCUT2D eigenvalue weighted by Crippen LogP contribution is -2.32. The molecule has 0 bridgehead atoms. The molecule has 0 saturated heterocycles. The van der Waals surface area contributed by atoms with E-state index in [2.05, 4.69) is 4.98 Å². The maximum atomic E-state index is 8.79. The Morgan fingerprint density at radius 2 is 2.58 bits per heavy atom. The van der Waals surface area contributed by atoms with Gasteiger partial charge in [0.1, 0.15) is 6.61 Å². The maximum Gasteiger partial charge on any atom is 0.257 e. The van der Waals surface area contributed by atoms with Crippen LogP contribution in [-0.2, 0) is 0 Å². The van der Waals surface area contributed by atoms with E-state index in [0.29, 0.717) is 18.2 Å². The fraction of sp³-hybridized carbons (Fsp3) is 0.375. The SMILES string of the molecule is OC[C@H]1COc2ncccc2O1. The molecule has 0 aliphatic carbocycles. The van der Waals surface area contributed by atoms with E-state index >= 15 is 0 Å². The standard InChI is InChI=1S/C8H9NO3/c10-4-6-5-11-8-7(12-6)2-1-3-9-8/h1-3,6,10H,4-5H2/t6-/m0/s1. The van der Waals surface area contributed by atoms with E-state index in [1.807, 2.05) is 0 Å². The minimum atomic E-state index is -0.262. The van der Waals surface area contributed by atoms with Crippen LogP contribution in [0.15, 0.2) is 18.3 Å². The third-order valence-corrected chi connectivity index (χ3v) is 1.64. The average molecular weight is 167 g/mol. The highest BCUT2D eigenvalue weighted by atomic mass is 16.6. The topological polar surface area (TPSA) is 51.6 Å². The molecule has 1 aliphatic heterocycles. The third kappa shape index (κ3) is 1.21. The summed E-state index contributed by atoms with van der Waals surface area (Å²) in [7, 11) is 0. The Hall–Kier alpha value is -1.29. The van der Waals surface area contributed by atoms with Crippen molar-refractivity contribution in [1.29, 1.82) is 0 Å². The van der Waals surface area contributed by atoms with E-state index in [9.17, 15) is 0 Å². The van der Waals surface area contributed by atoms with Crippen LogP contribution in [0.1, 0.15) is 0 Å². The van der Waals surface area contributed by atoms with Gasteiger partial charge in [0.05, 0.1) is 6.61 Å². The normalized spacial score (nSPS) is 20.6. The molecule has 0 spiro atoms. The molecule has 2 rings (SSSR count). The van der Waals surface area contributed by atoms with Gasteiger partial charge in [0, 0.05) is 6.20 Å². The summed E-state index contributed by atoms with van der Waals surface area (Å²) < 4.78 is 10.6. The summed E-state index contributed by atoms with van der Waals surface area (Å²) in [6.45, 7) is 0.328. The molecule has 0 radical (unpaired) electrons. The largest absolute Gasteiger partial charge is 0.479 e. The van der Waals surface area contributed by atoms with Crippen molar-refractivity contribution in [1.82, 2.24) is 4.98 Å². The van der Waals surface area contributed by atoms with Crippen LogP contribution >= 0.6 is 0 Å². The fourth-order valence-corrected chi connectivity index (χ4v) is 1.05. The van der Waals surface area contributed by atoms with Crippen LogP contribution in [0.5, 0.6) is 11.6 Å². The Bertz CT molecular complexity index is 277. The zero-order chi connectivity index (χ0) is 8.39. The van der Waals surface area contributed by atoms with Crippen molar-refractivity contribution in [3.63, 3.8) is 0 Å². The zero-order valence-electron chi connectivity index (χ0n) is 6.43. The van der Waals surface area contributed by atoms with E-state index in [1.54, 1.807) is 18.3 Å². The Morgan fingerprint density at radius 1 is 1.67 bits per heavy atom. The summed E-state index contributed by atoms with van der Waals surface area (Å²) in [5.74, 6) is 1.10. The molecular weight excluding hydrogens is 158 g/mol. The molecule has 12 heavy (non-hydrogen) atoms. The molecule has 1 aliphatic rings. The number of nitrogens with zero attached hydrogens (tertiary/aromatic N) is 1. The highest BCUT2D eigenvalue weighted by Crippen LogP contribution is 2.27. The summed E-state index contributed by atoms with van der Waals surface area (Å²) in [5, 5.41) is 8.79. The number of hydrogen-bond acceptors (Lipinski definition) is 4. The first-order valence-corrected chi connectivity index (χ1v) is 3.75. The van der Waals surface area contributed by atoms with Gasteiger partial charge in [-0.15, -0.1) is 0 Å². The lowest BCUT2D eigenvalue weighted by Gasteiger charge is -2.23. The van der Waals surface area contributed by atoms with Gasteiger partial charge in [-0.3, -0.25) is 0 Å². The molecule has 4 heteroatoms. The molecule has 0 aromatic carbocycles. The van der Waals surface area contributed by atoms with E-state index in [-0.39, 0.29) is 12.7 Å². The summed E-state index contributed by atoms with van der Waals surface area (Å²) in [5.41, 5.74) is 0. The predicted octanol–water partition coefficient (Wildman–Crippen LogP) is 0.214. The van der Waals surface area contributed by atoms with E-state index in [1.165, 1.54) is 0 Å². The van der Waals surface area contributed by atoms with E-state index < -0.39 is 0 Å². The average Bonchev–Trinajstić information content (AvgIpc) is 2.17. The number of pyridine rings is 1. The Labute approximate surface area is 69.8 Å². The Kier molecular flexibility index (Phi) is 1.83. The molecule has 4 nitrogen and oxygen atoms in total. The quantitative estimate of drug-likeness (QED) is 0.649. The van der Waals surface area contributed by atoms with Crippen molar-refractivity contribution < 1.29 is 14.6 Å². The number of aliphatic hydroxyl groups is 1. The van der Waals surface area contributed by atoms with Gasteiger partial charge in [-0.1, -0.05) is 0 Å². The first-order chi connectivity index (χ1) is 5.90. The van der Waals surface area contributed by atoms with Gasteiger partial charge in [0.15, 0.2) is 11.9 Å². The first kappa shape index (κ1) is 7.36. The number of rotatable bonds is 1. The Morgan fingerprint density at radius 3 is 3.42 bits per heavy atom. The molecular formula is C8H9NO3. The third-order valence-electron chi connectivity index (χ3n) is 1.64. The van der Waals surface area contributed by atoms with Gasteiger partial charge in [0.25, 0.3) is 5.88 Å². The van der Waals surface area contributed by atoms with Crippen LogP contribution in [0.25, 0.3) is 0 Å². The van der Waals surface area contributed by atoms with Gasteiger partial charge in [0.2, 0.25) is 0 Å². The van der Waals surface area contributed by atoms with Gasteiger partial charge >= 0.3 is 0 Å². The second kappa shape index (κ2) is 2.98. The van der Waals surface area contributed by atoms with Gasteiger partial charge in [-0.05, 0) is 12.1 Å². The summed E-state index contributed by atoms with van der Waals surface area (Å²) >= 11 is 0. The summed E-state index contributed by atoms with van der Waals surface area (Å²) in [4.78, 5) is 3.96. The molecule has 0 fully saturated rings. The van der Waals surface area contributed by atoms with Crippen LogP contribution in [0.2, 0.25) is 0 Å². The number of hydrogen-bond donors (Lipinski definition) is 1. The van der Waals surface area contributed by atoms with Crippen molar-refractivity contribution >= 4 is 0 Å².